The summed E-state index contributed by atoms with van der Waals surface area (Å²) in [5.41, 5.74) is 3.81. The number of benzene rings is 2. The zero-order chi connectivity index (χ0) is 21.2. The molecule has 7 heteroatoms. The molecule has 0 bridgehead atoms. The predicted molar refractivity (Wildman–Crippen MR) is 119 cm³/mol. The van der Waals surface area contributed by atoms with Crippen LogP contribution in [0.3, 0.4) is 0 Å². The fourth-order valence-electron chi connectivity index (χ4n) is 3.35. The molecule has 0 atom stereocenters. The van der Waals surface area contributed by atoms with Gasteiger partial charge in [0.1, 0.15) is 0 Å². The quantitative estimate of drug-likeness (QED) is 0.607. The van der Waals surface area contributed by atoms with Crippen LogP contribution in [0, 0.1) is 11.3 Å². The van der Waals surface area contributed by atoms with Gasteiger partial charge >= 0.3 is 6.03 Å². The molecule has 0 aliphatic carbocycles. The van der Waals surface area contributed by atoms with Gasteiger partial charge in [0.05, 0.1) is 11.6 Å². The summed E-state index contributed by atoms with van der Waals surface area (Å²) < 4.78 is 0. The van der Waals surface area contributed by atoms with E-state index in [0.717, 1.165) is 41.2 Å². The fourth-order valence-corrected chi connectivity index (χ4v) is 4.21. The summed E-state index contributed by atoms with van der Waals surface area (Å²) in [4.78, 5) is 25.7. The van der Waals surface area contributed by atoms with Crippen LogP contribution >= 0.6 is 11.8 Å². The molecule has 3 amide bonds. The van der Waals surface area contributed by atoms with Crippen LogP contribution < -0.4 is 10.6 Å². The molecule has 0 spiro atoms. The van der Waals surface area contributed by atoms with E-state index in [4.69, 9.17) is 5.26 Å². The highest BCUT2D eigenvalue weighted by Crippen LogP contribution is 2.16. The molecule has 2 aromatic carbocycles. The lowest BCUT2D eigenvalue weighted by Crippen LogP contribution is -2.36. The van der Waals surface area contributed by atoms with Crippen molar-refractivity contribution in [1.29, 1.82) is 5.26 Å². The number of nitriles is 1. The van der Waals surface area contributed by atoms with E-state index in [2.05, 4.69) is 16.7 Å². The van der Waals surface area contributed by atoms with E-state index < -0.39 is 0 Å². The second-order valence-corrected chi connectivity index (χ2v) is 8.27. The third-order valence-electron chi connectivity index (χ3n) is 4.92. The van der Waals surface area contributed by atoms with E-state index in [-0.39, 0.29) is 11.9 Å². The number of urea groups is 1. The van der Waals surface area contributed by atoms with E-state index >= 15 is 0 Å². The normalized spacial score (nSPS) is 13.2. The van der Waals surface area contributed by atoms with Crippen molar-refractivity contribution in [2.45, 2.75) is 31.7 Å². The minimum Gasteiger partial charge on any atom is -0.338 e. The van der Waals surface area contributed by atoms with Gasteiger partial charge in [-0.2, -0.15) is 17.0 Å². The molecule has 1 fully saturated rings. The van der Waals surface area contributed by atoms with Crippen molar-refractivity contribution in [1.82, 2.24) is 15.5 Å². The van der Waals surface area contributed by atoms with Crippen molar-refractivity contribution in [3.8, 4) is 6.07 Å². The summed E-state index contributed by atoms with van der Waals surface area (Å²) in [5, 5.41) is 14.8. The van der Waals surface area contributed by atoms with E-state index in [1.165, 1.54) is 0 Å². The molecule has 6 nitrogen and oxygen atoms in total. The van der Waals surface area contributed by atoms with Crippen molar-refractivity contribution >= 4 is 23.7 Å². The Morgan fingerprint density at radius 2 is 1.97 bits per heavy atom. The van der Waals surface area contributed by atoms with Crippen LogP contribution in [-0.2, 0) is 23.6 Å². The first-order chi connectivity index (χ1) is 14.7. The number of amides is 3. The van der Waals surface area contributed by atoms with Gasteiger partial charge in [-0.05, 0) is 29.2 Å². The highest BCUT2D eigenvalue weighted by atomic mass is 32.2. The topological polar surface area (TPSA) is 85.2 Å². The molecule has 30 heavy (non-hydrogen) atoms. The molecule has 2 N–H and O–H groups in total. The first-order valence-corrected chi connectivity index (χ1v) is 11.2. The van der Waals surface area contributed by atoms with E-state index in [1.54, 1.807) is 11.8 Å². The Kier molecular flexibility index (Phi) is 8.16. The van der Waals surface area contributed by atoms with Crippen LogP contribution in [0.2, 0.25) is 0 Å². The SMILES string of the molecule is N#Cc1ccccc1CSCCNC(=O)NCc1cccc(CN2CCCC2=O)c1. The van der Waals surface area contributed by atoms with Gasteiger partial charge in [0.25, 0.3) is 0 Å². The molecule has 1 saturated heterocycles. The van der Waals surface area contributed by atoms with Gasteiger partial charge in [-0.1, -0.05) is 42.5 Å². The van der Waals surface area contributed by atoms with Crippen LogP contribution in [0.15, 0.2) is 48.5 Å². The predicted octanol–water partition coefficient (Wildman–Crippen LogP) is 3.41. The molecule has 1 aliphatic rings. The number of nitrogens with one attached hydrogen (secondary N) is 2. The van der Waals surface area contributed by atoms with E-state index in [0.29, 0.717) is 31.6 Å². The minimum absolute atomic E-state index is 0.201. The first-order valence-electron chi connectivity index (χ1n) is 10.1. The first kappa shape index (κ1) is 21.7. The van der Waals surface area contributed by atoms with E-state index in [1.807, 2.05) is 53.4 Å². The molecule has 1 heterocycles. The third-order valence-corrected chi connectivity index (χ3v) is 5.92. The summed E-state index contributed by atoms with van der Waals surface area (Å²) in [5.74, 6) is 1.73. The van der Waals surface area contributed by atoms with Crippen LogP contribution in [0.5, 0.6) is 0 Å². The number of carbonyl (C=O) groups excluding carboxylic acids is 2. The number of nitrogens with zero attached hydrogens (tertiary/aromatic N) is 2. The number of hydrogen-bond acceptors (Lipinski definition) is 4. The molecule has 1 aliphatic heterocycles. The number of carbonyl (C=O) groups is 2. The van der Waals surface area contributed by atoms with Gasteiger partial charge in [-0.3, -0.25) is 4.79 Å². The van der Waals surface area contributed by atoms with Crippen molar-refractivity contribution in [2.24, 2.45) is 0 Å². The summed E-state index contributed by atoms with van der Waals surface area (Å²) in [6, 6.07) is 17.5. The lowest BCUT2D eigenvalue weighted by Gasteiger charge is -2.16. The summed E-state index contributed by atoms with van der Waals surface area (Å²) >= 11 is 1.68. The Labute approximate surface area is 181 Å². The Morgan fingerprint density at radius 3 is 2.77 bits per heavy atom. The van der Waals surface area contributed by atoms with Gasteiger partial charge in [0.15, 0.2) is 0 Å². The Balaban J connectivity index is 1.34. The summed E-state index contributed by atoms with van der Waals surface area (Å²) in [6.07, 6.45) is 1.58. The molecule has 0 saturated carbocycles. The molecule has 2 aromatic rings. The molecule has 0 radical (unpaired) electrons. The third kappa shape index (κ3) is 6.53. The van der Waals surface area contributed by atoms with Gasteiger partial charge in [-0.15, -0.1) is 0 Å². The van der Waals surface area contributed by atoms with Crippen molar-refractivity contribution in [3.05, 3.63) is 70.8 Å². The average molecular weight is 423 g/mol. The standard InChI is InChI=1S/C23H26N4O2S/c24-14-20-7-1-2-8-21(20)17-30-12-10-25-23(29)26-15-18-5-3-6-19(13-18)16-27-11-4-9-22(27)28/h1-3,5-8,13H,4,9-12,15-17H2,(H2,25,26,29). The zero-order valence-corrected chi connectivity index (χ0v) is 17.7. The summed E-state index contributed by atoms with van der Waals surface area (Å²) in [7, 11) is 0. The van der Waals surface area contributed by atoms with E-state index in [9.17, 15) is 9.59 Å². The largest absolute Gasteiger partial charge is 0.338 e. The Hall–Kier alpha value is -2.98. The second kappa shape index (κ2) is 11.3. The lowest BCUT2D eigenvalue weighted by atomic mass is 10.1. The van der Waals surface area contributed by atoms with Gasteiger partial charge in [0, 0.05) is 44.1 Å². The van der Waals surface area contributed by atoms with Crippen LogP contribution in [0.4, 0.5) is 4.79 Å². The lowest BCUT2D eigenvalue weighted by molar-refractivity contribution is -0.128. The zero-order valence-electron chi connectivity index (χ0n) is 16.9. The van der Waals surface area contributed by atoms with Crippen LogP contribution in [-0.4, -0.2) is 35.7 Å². The molecule has 0 unspecified atom stereocenters. The van der Waals surface area contributed by atoms with Crippen LogP contribution in [0.1, 0.15) is 35.1 Å². The number of likely N-dealkylation sites (tertiary alicyclic amines) is 1. The molecule has 156 valence electrons. The maximum atomic E-state index is 12.0. The van der Waals surface area contributed by atoms with Gasteiger partial charge in [-0.25, -0.2) is 4.79 Å². The molecular formula is C23H26N4O2S. The number of rotatable bonds is 9. The smallest absolute Gasteiger partial charge is 0.315 e. The van der Waals surface area contributed by atoms with Crippen molar-refractivity contribution in [3.63, 3.8) is 0 Å². The van der Waals surface area contributed by atoms with Crippen molar-refractivity contribution < 1.29 is 9.59 Å². The highest BCUT2D eigenvalue weighted by Gasteiger charge is 2.19. The number of hydrogen-bond donors (Lipinski definition) is 2. The number of thioether (sulfide) groups is 1. The van der Waals surface area contributed by atoms with Crippen molar-refractivity contribution in [2.75, 3.05) is 18.8 Å². The fraction of sp³-hybridized carbons (Fsp3) is 0.348. The minimum atomic E-state index is -0.201. The average Bonchev–Trinajstić information content (AvgIpc) is 3.17. The van der Waals surface area contributed by atoms with Gasteiger partial charge < -0.3 is 15.5 Å². The Bertz CT molecular complexity index is 925. The van der Waals surface area contributed by atoms with Gasteiger partial charge in [0.2, 0.25) is 5.91 Å². The monoisotopic (exact) mass is 422 g/mol. The second-order valence-electron chi connectivity index (χ2n) is 7.17. The van der Waals surface area contributed by atoms with Crippen LogP contribution in [0.25, 0.3) is 0 Å². The molecule has 3 rings (SSSR count). The Morgan fingerprint density at radius 1 is 1.13 bits per heavy atom. The molecule has 0 aromatic heterocycles. The molecular weight excluding hydrogens is 396 g/mol. The maximum absolute atomic E-state index is 12.0. The highest BCUT2D eigenvalue weighted by molar-refractivity contribution is 7.98. The summed E-state index contributed by atoms with van der Waals surface area (Å²) in [6.45, 7) is 2.45. The maximum Gasteiger partial charge on any atom is 0.315 e.